The van der Waals surface area contributed by atoms with Crippen molar-refractivity contribution in [1.29, 1.82) is 0 Å². The first-order valence-corrected chi connectivity index (χ1v) is 7.87. The molecule has 0 aliphatic heterocycles. The van der Waals surface area contributed by atoms with Gasteiger partial charge in [0.1, 0.15) is 0 Å². The van der Waals surface area contributed by atoms with Crippen LogP contribution in [0.1, 0.15) is 39.5 Å². The zero-order valence-electron chi connectivity index (χ0n) is 11.7. The molecule has 1 atom stereocenters. The Morgan fingerprint density at radius 3 is 2.53 bits per heavy atom. The maximum atomic E-state index is 11.8. The van der Waals surface area contributed by atoms with E-state index in [1.54, 1.807) is 0 Å². The molecular weight excluding hydrogens is 232 g/mol. The summed E-state index contributed by atoms with van der Waals surface area (Å²) >= 11 is 1.84. The topological polar surface area (TPSA) is 46.3 Å². The van der Waals surface area contributed by atoms with Gasteiger partial charge in [0.15, 0.2) is 0 Å². The van der Waals surface area contributed by atoms with E-state index in [2.05, 4.69) is 20.1 Å². The van der Waals surface area contributed by atoms with E-state index in [1.807, 2.05) is 23.7 Å². The Bertz CT molecular complexity index is 210. The maximum Gasteiger partial charge on any atom is 0.222 e. The van der Waals surface area contributed by atoms with Gasteiger partial charge in [0, 0.05) is 26.1 Å². The quantitative estimate of drug-likeness (QED) is 0.647. The first-order valence-electron chi connectivity index (χ1n) is 6.47. The van der Waals surface area contributed by atoms with E-state index in [4.69, 9.17) is 5.73 Å². The molecule has 0 radical (unpaired) electrons. The summed E-state index contributed by atoms with van der Waals surface area (Å²) in [5.74, 6) is 1.89. The monoisotopic (exact) mass is 260 g/mol. The van der Waals surface area contributed by atoms with Crippen LogP contribution in [0.5, 0.6) is 0 Å². The van der Waals surface area contributed by atoms with E-state index in [0.29, 0.717) is 12.3 Å². The zero-order chi connectivity index (χ0) is 13.3. The standard InChI is InChI=1S/C13H28N2OS/c1-11(2)12(14)8-9-15(3)13(16)7-5-6-10-17-4/h11-12H,5-10,14H2,1-4H3. The second-order valence-electron chi connectivity index (χ2n) is 4.96. The number of nitrogens with zero attached hydrogens (tertiary/aromatic N) is 1. The number of unbranched alkanes of at least 4 members (excludes halogenated alkanes) is 1. The van der Waals surface area contributed by atoms with E-state index in [0.717, 1.165) is 31.6 Å². The molecule has 0 bridgehead atoms. The van der Waals surface area contributed by atoms with Gasteiger partial charge in [-0.1, -0.05) is 13.8 Å². The molecule has 0 aromatic carbocycles. The molecule has 3 nitrogen and oxygen atoms in total. The molecule has 0 aliphatic rings. The SMILES string of the molecule is CSCCCCC(=O)N(C)CCC(N)C(C)C. The molecule has 17 heavy (non-hydrogen) atoms. The van der Waals surface area contributed by atoms with Crippen molar-refractivity contribution in [2.24, 2.45) is 11.7 Å². The Kier molecular flexibility index (Phi) is 9.65. The average molecular weight is 260 g/mol. The molecule has 0 rings (SSSR count). The summed E-state index contributed by atoms with van der Waals surface area (Å²) in [6, 6.07) is 0.196. The van der Waals surface area contributed by atoms with Crippen molar-refractivity contribution in [3.05, 3.63) is 0 Å². The summed E-state index contributed by atoms with van der Waals surface area (Å²) in [6.45, 7) is 5.02. The van der Waals surface area contributed by atoms with Crippen LogP contribution in [0.3, 0.4) is 0 Å². The molecule has 0 spiro atoms. The van der Waals surface area contributed by atoms with Crippen LogP contribution in [0.25, 0.3) is 0 Å². The highest BCUT2D eigenvalue weighted by molar-refractivity contribution is 7.98. The lowest BCUT2D eigenvalue weighted by Crippen LogP contribution is -2.34. The minimum absolute atomic E-state index is 0.196. The molecule has 0 saturated heterocycles. The lowest BCUT2D eigenvalue weighted by Gasteiger charge is -2.21. The minimum atomic E-state index is 0.196. The van der Waals surface area contributed by atoms with Crippen LogP contribution in [0.4, 0.5) is 0 Å². The first kappa shape index (κ1) is 16.8. The summed E-state index contributed by atoms with van der Waals surface area (Å²) in [4.78, 5) is 13.6. The Morgan fingerprint density at radius 2 is 2.00 bits per heavy atom. The smallest absolute Gasteiger partial charge is 0.222 e. The molecule has 102 valence electrons. The molecule has 0 heterocycles. The highest BCUT2D eigenvalue weighted by Gasteiger charge is 2.12. The predicted molar refractivity (Wildman–Crippen MR) is 77.3 cm³/mol. The van der Waals surface area contributed by atoms with Gasteiger partial charge >= 0.3 is 0 Å². The summed E-state index contributed by atoms with van der Waals surface area (Å²) in [5, 5.41) is 0. The number of rotatable bonds is 9. The van der Waals surface area contributed by atoms with E-state index < -0.39 is 0 Å². The Balaban J connectivity index is 3.67. The van der Waals surface area contributed by atoms with E-state index in [1.165, 1.54) is 0 Å². The van der Waals surface area contributed by atoms with Crippen molar-refractivity contribution in [2.45, 2.75) is 45.6 Å². The van der Waals surface area contributed by atoms with Gasteiger partial charge in [-0.05, 0) is 37.2 Å². The number of hydrogen-bond donors (Lipinski definition) is 1. The molecular formula is C13H28N2OS. The van der Waals surface area contributed by atoms with Crippen LogP contribution in [0, 0.1) is 5.92 Å². The fraction of sp³-hybridized carbons (Fsp3) is 0.923. The first-order chi connectivity index (χ1) is 7.99. The van der Waals surface area contributed by atoms with Gasteiger partial charge < -0.3 is 10.6 Å². The number of hydrogen-bond acceptors (Lipinski definition) is 3. The Labute approximate surface area is 111 Å². The van der Waals surface area contributed by atoms with Gasteiger partial charge in [-0.15, -0.1) is 0 Å². The van der Waals surface area contributed by atoms with Crippen LogP contribution < -0.4 is 5.73 Å². The average Bonchev–Trinajstić information content (AvgIpc) is 2.30. The molecule has 4 heteroatoms. The van der Waals surface area contributed by atoms with Gasteiger partial charge in [-0.25, -0.2) is 0 Å². The lowest BCUT2D eigenvalue weighted by atomic mass is 10.0. The van der Waals surface area contributed by atoms with Crippen molar-refractivity contribution >= 4 is 17.7 Å². The summed E-state index contributed by atoms with van der Waals surface area (Å²) < 4.78 is 0. The highest BCUT2D eigenvalue weighted by Crippen LogP contribution is 2.07. The third-order valence-electron chi connectivity index (χ3n) is 3.07. The van der Waals surface area contributed by atoms with Crippen molar-refractivity contribution in [1.82, 2.24) is 4.90 Å². The third kappa shape index (κ3) is 8.50. The summed E-state index contributed by atoms with van der Waals surface area (Å²) in [5.41, 5.74) is 5.96. The number of amides is 1. The minimum Gasteiger partial charge on any atom is -0.346 e. The molecule has 0 saturated carbocycles. The molecule has 0 aromatic heterocycles. The molecule has 1 unspecified atom stereocenters. The van der Waals surface area contributed by atoms with Crippen molar-refractivity contribution in [2.75, 3.05) is 25.6 Å². The lowest BCUT2D eigenvalue weighted by molar-refractivity contribution is -0.130. The van der Waals surface area contributed by atoms with Gasteiger partial charge in [0.2, 0.25) is 5.91 Å². The van der Waals surface area contributed by atoms with E-state index in [9.17, 15) is 4.79 Å². The number of carbonyl (C=O) groups is 1. The van der Waals surface area contributed by atoms with Gasteiger partial charge in [-0.3, -0.25) is 4.79 Å². The van der Waals surface area contributed by atoms with Crippen molar-refractivity contribution in [3.8, 4) is 0 Å². The van der Waals surface area contributed by atoms with E-state index in [-0.39, 0.29) is 11.9 Å². The molecule has 2 N–H and O–H groups in total. The van der Waals surface area contributed by atoms with Crippen LogP contribution in [-0.4, -0.2) is 42.4 Å². The maximum absolute atomic E-state index is 11.8. The Morgan fingerprint density at radius 1 is 1.35 bits per heavy atom. The highest BCUT2D eigenvalue weighted by atomic mass is 32.2. The molecule has 1 amide bonds. The predicted octanol–water partition coefficient (Wildman–Crippen LogP) is 2.35. The third-order valence-corrected chi connectivity index (χ3v) is 3.77. The number of carbonyl (C=O) groups excluding carboxylic acids is 1. The van der Waals surface area contributed by atoms with Crippen LogP contribution >= 0.6 is 11.8 Å². The van der Waals surface area contributed by atoms with Crippen molar-refractivity contribution < 1.29 is 4.79 Å². The number of thioether (sulfide) groups is 1. The normalized spacial score (nSPS) is 12.8. The fourth-order valence-electron chi connectivity index (χ4n) is 1.51. The van der Waals surface area contributed by atoms with Gasteiger partial charge in [0.05, 0.1) is 0 Å². The van der Waals surface area contributed by atoms with Gasteiger partial charge in [-0.2, -0.15) is 11.8 Å². The second kappa shape index (κ2) is 9.77. The molecule has 0 aromatic rings. The fourth-order valence-corrected chi connectivity index (χ4v) is 2.01. The molecule has 0 aliphatic carbocycles. The van der Waals surface area contributed by atoms with Crippen LogP contribution in [0.2, 0.25) is 0 Å². The van der Waals surface area contributed by atoms with Crippen molar-refractivity contribution in [3.63, 3.8) is 0 Å². The zero-order valence-corrected chi connectivity index (χ0v) is 12.6. The summed E-state index contributed by atoms with van der Waals surface area (Å²) in [6.07, 6.45) is 5.80. The van der Waals surface area contributed by atoms with Gasteiger partial charge in [0.25, 0.3) is 0 Å². The second-order valence-corrected chi connectivity index (χ2v) is 5.95. The van der Waals surface area contributed by atoms with Crippen LogP contribution in [-0.2, 0) is 4.79 Å². The largest absolute Gasteiger partial charge is 0.346 e. The number of nitrogens with two attached hydrogens (primary N) is 1. The van der Waals surface area contributed by atoms with Crippen LogP contribution in [0.15, 0.2) is 0 Å². The summed E-state index contributed by atoms with van der Waals surface area (Å²) in [7, 11) is 1.88. The molecule has 0 fully saturated rings. The van der Waals surface area contributed by atoms with E-state index >= 15 is 0 Å². The Hall–Kier alpha value is -0.220.